The summed E-state index contributed by atoms with van der Waals surface area (Å²) in [5.41, 5.74) is 8.02. The Bertz CT molecular complexity index is 575. The molecule has 96 valence electrons. The van der Waals surface area contributed by atoms with Crippen molar-refractivity contribution in [1.82, 2.24) is 4.72 Å². The van der Waals surface area contributed by atoms with Crippen LogP contribution in [-0.2, 0) is 10.0 Å². The van der Waals surface area contributed by atoms with Gasteiger partial charge in [0.05, 0.1) is 10.5 Å². The number of rotatable bonds is 6. The SMILES string of the molecule is [N-]=[N+]=NCCNS(=O)(=O)c1ccc(C(=O)O)cc1. The number of azide groups is 1. The zero-order chi connectivity index (χ0) is 13.6. The Labute approximate surface area is 103 Å². The number of sulfonamides is 1. The molecule has 0 atom stereocenters. The first-order valence-corrected chi connectivity index (χ1v) is 6.29. The first-order valence-electron chi connectivity index (χ1n) is 4.81. The highest BCUT2D eigenvalue weighted by atomic mass is 32.2. The molecular weight excluding hydrogens is 260 g/mol. The molecule has 0 amide bonds. The van der Waals surface area contributed by atoms with Gasteiger partial charge in [0, 0.05) is 18.0 Å². The van der Waals surface area contributed by atoms with Crippen LogP contribution in [0.15, 0.2) is 34.3 Å². The van der Waals surface area contributed by atoms with Gasteiger partial charge < -0.3 is 5.11 Å². The molecule has 0 aliphatic rings. The lowest BCUT2D eigenvalue weighted by Crippen LogP contribution is -2.26. The molecule has 2 N–H and O–H groups in total. The fraction of sp³-hybridized carbons (Fsp3) is 0.222. The summed E-state index contributed by atoms with van der Waals surface area (Å²) in [5.74, 6) is -1.13. The number of aromatic carboxylic acids is 1. The van der Waals surface area contributed by atoms with Crippen molar-refractivity contribution >= 4 is 16.0 Å². The van der Waals surface area contributed by atoms with Gasteiger partial charge in [0.15, 0.2) is 0 Å². The number of nitrogens with zero attached hydrogens (tertiary/aromatic N) is 3. The monoisotopic (exact) mass is 270 g/mol. The summed E-state index contributed by atoms with van der Waals surface area (Å²) >= 11 is 0. The van der Waals surface area contributed by atoms with E-state index in [4.69, 9.17) is 10.6 Å². The Hall–Kier alpha value is -2.09. The van der Waals surface area contributed by atoms with E-state index in [1.54, 1.807) is 0 Å². The van der Waals surface area contributed by atoms with Crippen molar-refractivity contribution in [1.29, 1.82) is 0 Å². The third kappa shape index (κ3) is 3.74. The smallest absolute Gasteiger partial charge is 0.335 e. The number of benzene rings is 1. The fourth-order valence-corrected chi connectivity index (χ4v) is 2.16. The van der Waals surface area contributed by atoms with E-state index in [1.165, 1.54) is 24.3 Å². The average Bonchev–Trinajstić information content (AvgIpc) is 2.35. The molecule has 18 heavy (non-hydrogen) atoms. The number of nitrogens with one attached hydrogen (secondary N) is 1. The van der Waals surface area contributed by atoms with Crippen molar-refractivity contribution in [3.8, 4) is 0 Å². The van der Waals surface area contributed by atoms with E-state index in [0.29, 0.717) is 0 Å². The molecule has 1 aromatic rings. The van der Waals surface area contributed by atoms with E-state index < -0.39 is 16.0 Å². The normalized spacial score (nSPS) is 10.7. The number of carboxylic acids is 1. The molecule has 0 aromatic heterocycles. The second-order valence-electron chi connectivity index (χ2n) is 3.18. The number of hydrogen-bond acceptors (Lipinski definition) is 4. The third-order valence-corrected chi connectivity index (χ3v) is 3.46. The minimum absolute atomic E-state index is 0.00281. The number of carboxylic acid groups (broad SMARTS) is 1. The van der Waals surface area contributed by atoms with Gasteiger partial charge in [0.1, 0.15) is 0 Å². The highest BCUT2D eigenvalue weighted by Crippen LogP contribution is 2.10. The van der Waals surface area contributed by atoms with Crippen molar-refractivity contribution in [2.24, 2.45) is 5.11 Å². The topological polar surface area (TPSA) is 132 Å². The molecular formula is C9H10N4O4S. The Morgan fingerprint density at radius 2 is 2.00 bits per heavy atom. The zero-order valence-electron chi connectivity index (χ0n) is 9.15. The largest absolute Gasteiger partial charge is 0.478 e. The van der Waals surface area contributed by atoms with Crippen molar-refractivity contribution < 1.29 is 18.3 Å². The molecule has 9 heteroatoms. The lowest BCUT2D eigenvalue weighted by molar-refractivity contribution is 0.0697. The molecule has 0 radical (unpaired) electrons. The molecule has 0 bridgehead atoms. The summed E-state index contributed by atoms with van der Waals surface area (Å²) in [5, 5.41) is 11.8. The van der Waals surface area contributed by atoms with E-state index >= 15 is 0 Å². The lowest BCUT2D eigenvalue weighted by Gasteiger charge is -2.05. The quantitative estimate of drug-likeness (QED) is 0.345. The maximum Gasteiger partial charge on any atom is 0.335 e. The first-order chi connectivity index (χ1) is 8.47. The minimum atomic E-state index is -3.71. The fourth-order valence-electron chi connectivity index (χ4n) is 1.13. The lowest BCUT2D eigenvalue weighted by atomic mass is 10.2. The van der Waals surface area contributed by atoms with Gasteiger partial charge in [0.25, 0.3) is 0 Å². The molecule has 1 aromatic carbocycles. The molecule has 8 nitrogen and oxygen atoms in total. The minimum Gasteiger partial charge on any atom is -0.478 e. The van der Waals surface area contributed by atoms with E-state index in [1.807, 2.05) is 0 Å². The van der Waals surface area contributed by atoms with Crippen LogP contribution >= 0.6 is 0 Å². The van der Waals surface area contributed by atoms with Crippen molar-refractivity contribution in [2.45, 2.75) is 4.90 Å². The van der Waals surface area contributed by atoms with E-state index in [2.05, 4.69) is 14.7 Å². The molecule has 0 fully saturated rings. The Morgan fingerprint density at radius 3 is 2.50 bits per heavy atom. The van der Waals surface area contributed by atoms with Crippen molar-refractivity contribution in [2.75, 3.05) is 13.1 Å². The Morgan fingerprint density at radius 1 is 1.39 bits per heavy atom. The predicted molar refractivity (Wildman–Crippen MR) is 62.6 cm³/mol. The van der Waals surface area contributed by atoms with Crippen LogP contribution in [-0.4, -0.2) is 32.6 Å². The average molecular weight is 270 g/mol. The van der Waals surface area contributed by atoms with Crippen molar-refractivity contribution in [3.63, 3.8) is 0 Å². The van der Waals surface area contributed by atoms with Gasteiger partial charge in [-0.2, -0.15) is 0 Å². The molecule has 0 heterocycles. The Balaban J connectivity index is 2.78. The summed E-state index contributed by atoms with van der Waals surface area (Å²) in [4.78, 5) is 13.0. The Kier molecular flexibility index (Phi) is 4.67. The molecule has 0 saturated carbocycles. The summed E-state index contributed by atoms with van der Waals surface area (Å²) in [6.07, 6.45) is 0. The standard InChI is InChI=1S/C9H10N4O4S/c10-13-11-5-6-12-18(16,17)8-3-1-7(2-4-8)9(14)15/h1-4,12H,5-6H2,(H,14,15). The van der Waals surface area contributed by atoms with Crippen LogP contribution in [0.5, 0.6) is 0 Å². The molecule has 1 rings (SSSR count). The van der Waals surface area contributed by atoms with Gasteiger partial charge in [-0.1, -0.05) is 5.11 Å². The zero-order valence-corrected chi connectivity index (χ0v) is 9.96. The van der Waals surface area contributed by atoms with Gasteiger partial charge in [-0.3, -0.25) is 0 Å². The molecule has 0 aliphatic carbocycles. The molecule has 0 unspecified atom stereocenters. The first kappa shape index (κ1) is 14.0. The molecule has 0 aliphatic heterocycles. The van der Waals surface area contributed by atoms with Crippen LogP contribution < -0.4 is 4.72 Å². The van der Waals surface area contributed by atoms with Crippen LogP contribution in [0, 0.1) is 0 Å². The van der Waals surface area contributed by atoms with Crippen LogP contribution in [0.4, 0.5) is 0 Å². The van der Waals surface area contributed by atoms with Gasteiger partial charge in [0.2, 0.25) is 10.0 Å². The summed E-state index contributed by atoms with van der Waals surface area (Å²) in [6.45, 7) is -0.0178. The highest BCUT2D eigenvalue weighted by molar-refractivity contribution is 7.89. The van der Waals surface area contributed by atoms with Crippen LogP contribution in [0.25, 0.3) is 10.4 Å². The van der Waals surface area contributed by atoms with Gasteiger partial charge in [-0.15, -0.1) is 0 Å². The number of carbonyl (C=O) groups is 1. The van der Waals surface area contributed by atoms with E-state index in [9.17, 15) is 13.2 Å². The van der Waals surface area contributed by atoms with Crippen LogP contribution in [0.3, 0.4) is 0 Å². The maximum absolute atomic E-state index is 11.7. The van der Waals surface area contributed by atoms with Crippen molar-refractivity contribution in [3.05, 3.63) is 40.3 Å². The summed E-state index contributed by atoms with van der Waals surface area (Å²) < 4.78 is 25.6. The van der Waals surface area contributed by atoms with Gasteiger partial charge in [-0.25, -0.2) is 17.9 Å². The van der Waals surface area contributed by atoms with Crippen LogP contribution in [0.1, 0.15) is 10.4 Å². The maximum atomic E-state index is 11.7. The second kappa shape index (κ2) is 6.01. The number of hydrogen-bond donors (Lipinski definition) is 2. The molecule has 0 saturated heterocycles. The van der Waals surface area contributed by atoms with Gasteiger partial charge >= 0.3 is 5.97 Å². The summed E-state index contributed by atoms with van der Waals surface area (Å²) in [7, 11) is -3.71. The summed E-state index contributed by atoms with van der Waals surface area (Å²) in [6, 6.07) is 4.79. The highest BCUT2D eigenvalue weighted by Gasteiger charge is 2.13. The van der Waals surface area contributed by atoms with E-state index in [-0.39, 0.29) is 23.5 Å². The predicted octanol–water partition coefficient (Wildman–Crippen LogP) is 0.973. The van der Waals surface area contributed by atoms with E-state index in [0.717, 1.165) is 0 Å². The van der Waals surface area contributed by atoms with Gasteiger partial charge in [-0.05, 0) is 29.8 Å². The second-order valence-corrected chi connectivity index (χ2v) is 4.95. The molecule has 0 spiro atoms. The van der Waals surface area contributed by atoms with Crippen LogP contribution in [0.2, 0.25) is 0 Å². The third-order valence-electron chi connectivity index (χ3n) is 1.98.